The lowest BCUT2D eigenvalue weighted by molar-refractivity contribution is 0.269. The van der Waals surface area contributed by atoms with Crippen LogP contribution in [0.3, 0.4) is 0 Å². The Kier molecular flexibility index (Phi) is 4.91. The minimum atomic E-state index is 0.524. The van der Waals surface area contributed by atoms with E-state index in [0.29, 0.717) is 6.61 Å². The molecule has 0 saturated carbocycles. The van der Waals surface area contributed by atoms with Crippen LogP contribution in [0.4, 0.5) is 0 Å². The van der Waals surface area contributed by atoms with Gasteiger partial charge in [0.05, 0.1) is 7.11 Å². The topological polar surface area (TPSA) is 34.6 Å². The number of hydrogen-bond donors (Lipinski definition) is 0. The van der Waals surface area contributed by atoms with Gasteiger partial charge < -0.3 is 9.47 Å². The van der Waals surface area contributed by atoms with Crippen LogP contribution >= 0.6 is 0 Å². The third kappa shape index (κ3) is 3.57. The Morgan fingerprint density at radius 1 is 1.09 bits per heavy atom. The fraction of sp³-hybridized carbons (Fsp3) is 0.389. The van der Waals surface area contributed by atoms with Gasteiger partial charge in [0.1, 0.15) is 6.61 Å². The molecule has 0 atom stereocenters. The second kappa shape index (κ2) is 7.27. The third-order valence-electron chi connectivity index (χ3n) is 4.01. The Morgan fingerprint density at radius 3 is 2.59 bits per heavy atom. The molecule has 0 unspecified atom stereocenters. The number of rotatable bonds is 6. The molecule has 2 aromatic rings. The van der Waals surface area contributed by atoms with Crippen molar-refractivity contribution in [2.24, 2.45) is 0 Å². The second-order valence-corrected chi connectivity index (χ2v) is 5.58. The van der Waals surface area contributed by atoms with Gasteiger partial charge in [-0.1, -0.05) is 12.1 Å². The van der Waals surface area contributed by atoms with E-state index in [-0.39, 0.29) is 0 Å². The maximum Gasteiger partial charge on any atom is 0.166 e. The zero-order chi connectivity index (χ0) is 15.2. The minimum absolute atomic E-state index is 0.524. The van der Waals surface area contributed by atoms with Gasteiger partial charge in [-0.05, 0) is 49.7 Å². The van der Waals surface area contributed by atoms with Crippen molar-refractivity contribution < 1.29 is 9.47 Å². The Morgan fingerprint density at radius 2 is 1.86 bits per heavy atom. The summed E-state index contributed by atoms with van der Waals surface area (Å²) in [6, 6.07) is 10.0. The Hall–Kier alpha value is -2.07. The lowest BCUT2D eigenvalue weighted by atomic mass is 10.1. The van der Waals surface area contributed by atoms with Gasteiger partial charge in [-0.3, -0.25) is 9.88 Å². The molecule has 1 aliphatic rings. The number of pyridine rings is 1. The van der Waals surface area contributed by atoms with Gasteiger partial charge in [-0.25, -0.2) is 0 Å². The molecule has 1 aliphatic heterocycles. The molecule has 0 aliphatic carbocycles. The molecule has 116 valence electrons. The number of methoxy groups -OCH3 is 1. The summed E-state index contributed by atoms with van der Waals surface area (Å²) in [4.78, 5) is 6.50. The van der Waals surface area contributed by atoms with E-state index >= 15 is 0 Å². The van der Waals surface area contributed by atoms with Crippen LogP contribution in [0, 0.1) is 0 Å². The van der Waals surface area contributed by atoms with Crippen LogP contribution in [-0.2, 0) is 13.2 Å². The zero-order valence-electron chi connectivity index (χ0n) is 13.0. The number of aromatic nitrogens is 1. The summed E-state index contributed by atoms with van der Waals surface area (Å²) in [7, 11) is 1.69. The van der Waals surface area contributed by atoms with Crippen molar-refractivity contribution in [2.75, 3.05) is 20.2 Å². The molecule has 3 rings (SSSR count). The fourth-order valence-corrected chi connectivity index (χ4v) is 2.83. The first kappa shape index (κ1) is 14.9. The number of likely N-dealkylation sites (tertiary alicyclic amines) is 1. The van der Waals surface area contributed by atoms with Crippen LogP contribution in [-0.4, -0.2) is 30.1 Å². The van der Waals surface area contributed by atoms with Gasteiger partial charge in [0.25, 0.3) is 0 Å². The zero-order valence-corrected chi connectivity index (χ0v) is 13.0. The van der Waals surface area contributed by atoms with E-state index in [1.807, 2.05) is 24.3 Å². The highest BCUT2D eigenvalue weighted by atomic mass is 16.5. The molecule has 0 bridgehead atoms. The van der Waals surface area contributed by atoms with Gasteiger partial charge >= 0.3 is 0 Å². The maximum atomic E-state index is 6.08. The molecule has 1 aromatic carbocycles. The van der Waals surface area contributed by atoms with Crippen LogP contribution in [0.1, 0.15) is 24.0 Å². The van der Waals surface area contributed by atoms with Crippen molar-refractivity contribution in [1.29, 1.82) is 0 Å². The first-order valence-electron chi connectivity index (χ1n) is 7.77. The van der Waals surface area contributed by atoms with Crippen molar-refractivity contribution >= 4 is 0 Å². The van der Waals surface area contributed by atoms with Gasteiger partial charge in [0.2, 0.25) is 0 Å². The smallest absolute Gasteiger partial charge is 0.166 e. The van der Waals surface area contributed by atoms with Crippen molar-refractivity contribution in [3.8, 4) is 11.5 Å². The highest BCUT2D eigenvalue weighted by molar-refractivity contribution is 5.46. The normalized spacial score (nSPS) is 15.0. The second-order valence-electron chi connectivity index (χ2n) is 5.58. The Labute approximate surface area is 131 Å². The maximum absolute atomic E-state index is 6.08. The molecule has 4 heteroatoms. The molecule has 0 spiro atoms. The molecular weight excluding hydrogens is 276 g/mol. The lowest BCUT2D eigenvalue weighted by Crippen LogP contribution is -2.19. The van der Waals surface area contributed by atoms with Crippen molar-refractivity contribution in [1.82, 2.24) is 9.88 Å². The molecule has 0 amide bonds. The van der Waals surface area contributed by atoms with Crippen LogP contribution in [0.5, 0.6) is 11.5 Å². The summed E-state index contributed by atoms with van der Waals surface area (Å²) in [6.07, 6.45) is 6.15. The first-order chi connectivity index (χ1) is 10.9. The number of benzene rings is 1. The monoisotopic (exact) mass is 298 g/mol. The number of nitrogens with zero attached hydrogens (tertiary/aromatic N) is 2. The summed E-state index contributed by atoms with van der Waals surface area (Å²) < 4.78 is 11.6. The minimum Gasteiger partial charge on any atom is -0.493 e. The number of para-hydroxylation sites is 1. The van der Waals surface area contributed by atoms with E-state index in [0.717, 1.165) is 23.6 Å². The van der Waals surface area contributed by atoms with E-state index < -0.39 is 0 Å². The average Bonchev–Trinajstić information content (AvgIpc) is 3.07. The van der Waals surface area contributed by atoms with Gasteiger partial charge in [0.15, 0.2) is 11.5 Å². The van der Waals surface area contributed by atoms with Crippen molar-refractivity contribution in [2.45, 2.75) is 26.0 Å². The van der Waals surface area contributed by atoms with Gasteiger partial charge in [-0.2, -0.15) is 0 Å². The molecule has 1 aromatic heterocycles. The first-order valence-corrected chi connectivity index (χ1v) is 7.77. The van der Waals surface area contributed by atoms with E-state index in [1.165, 1.54) is 31.5 Å². The van der Waals surface area contributed by atoms with E-state index in [2.05, 4.69) is 16.0 Å². The number of hydrogen-bond acceptors (Lipinski definition) is 4. The van der Waals surface area contributed by atoms with Crippen molar-refractivity contribution in [3.05, 3.63) is 53.9 Å². The van der Waals surface area contributed by atoms with Crippen LogP contribution in [0.25, 0.3) is 0 Å². The molecule has 0 radical (unpaired) electrons. The van der Waals surface area contributed by atoms with Gasteiger partial charge in [-0.15, -0.1) is 0 Å². The van der Waals surface area contributed by atoms with Crippen LogP contribution in [0.15, 0.2) is 42.7 Å². The summed E-state index contributed by atoms with van der Waals surface area (Å²) in [5.41, 5.74) is 2.29. The van der Waals surface area contributed by atoms with Crippen LogP contribution < -0.4 is 9.47 Å². The van der Waals surface area contributed by atoms with E-state index in [9.17, 15) is 0 Å². The number of ether oxygens (including phenoxy) is 2. The van der Waals surface area contributed by atoms with E-state index in [4.69, 9.17) is 9.47 Å². The van der Waals surface area contributed by atoms with Crippen molar-refractivity contribution in [3.63, 3.8) is 0 Å². The Bertz CT molecular complexity index is 595. The predicted octanol–water partition coefficient (Wildman–Crippen LogP) is 3.27. The SMILES string of the molecule is COc1cccc(CN2CCCC2)c1OCc1ccncc1. The standard InChI is InChI=1S/C18H22N2O2/c1-21-17-6-4-5-16(13-20-11-2-3-12-20)18(17)22-14-15-7-9-19-10-8-15/h4-10H,2-3,11-14H2,1H3. The molecule has 4 nitrogen and oxygen atoms in total. The van der Waals surface area contributed by atoms with E-state index in [1.54, 1.807) is 19.5 Å². The molecule has 0 N–H and O–H groups in total. The highest BCUT2D eigenvalue weighted by Crippen LogP contribution is 2.33. The summed E-state index contributed by atoms with van der Waals surface area (Å²) in [6.45, 7) is 3.78. The van der Waals surface area contributed by atoms with Gasteiger partial charge in [0, 0.05) is 24.5 Å². The predicted molar refractivity (Wildman–Crippen MR) is 86.1 cm³/mol. The van der Waals surface area contributed by atoms with Crippen LogP contribution in [0.2, 0.25) is 0 Å². The molecule has 1 fully saturated rings. The summed E-state index contributed by atoms with van der Waals surface area (Å²) in [5.74, 6) is 1.65. The summed E-state index contributed by atoms with van der Waals surface area (Å²) in [5, 5.41) is 0. The molecule has 1 saturated heterocycles. The quantitative estimate of drug-likeness (QED) is 0.820. The lowest BCUT2D eigenvalue weighted by Gasteiger charge is -2.19. The molecular formula is C18H22N2O2. The Balaban J connectivity index is 1.77. The summed E-state index contributed by atoms with van der Waals surface area (Å²) >= 11 is 0. The average molecular weight is 298 g/mol. The molecule has 22 heavy (non-hydrogen) atoms. The fourth-order valence-electron chi connectivity index (χ4n) is 2.83. The highest BCUT2D eigenvalue weighted by Gasteiger charge is 2.17. The third-order valence-corrected chi connectivity index (χ3v) is 4.01. The molecule has 2 heterocycles. The largest absolute Gasteiger partial charge is 0.493 e.